The van der Waals surface area contributed by atoms with Gasteiger partial charge >= 0.3 is 60.7 Å². The molecular weight excluding hydrogens is 610 g/mol. The number of halogens is 22. The Bertz CT molecular complexity index is 820. The smallest absolute Gasteiger partial charge is 0.400 e. The van der Waals surface area contributed by atoms with Gasteiger partial charge in [-0.3, -0.25) is 0 Å². The molecule has 0 aromatic heterocycles. The van der Waals surface area contributed by atoms with Crippen LogP contribution in [0.2, 0.25) is 0 Å². The van der Waals surface area contributed by atoms with Gasteiger partial charge in [-0.25, -0.2) is 9.47 Å². The molecule has 37 heavy (non-hydrogen) atoms. The van der Waals surface area contributed by atoms with E-state index in [0.717, 1.165) is 0 Å². The third-order valence-electron chi connectivity index (χ3n) is 3.08. The van der Waals surface area contributed by atoms with Crippen LogP contribution >= 0.6 is 0 Å². The second-order valence-electron chi connectivity index (χ2n) is 5.70. The predicted molar refractivity (Wildman–Crippen MR) is 63.5 cm³/mol. The number of rotatable bonds is 10. The van der Waals surface area contributed by atoms with Crippen molar-refractivity contribution in [2.75, 3.05) is 0 Å². The summed E-state index contributed by atoms with van der Waals surface area (Å²) in [5.41, 5.74) is 0. The van der Waals surface area contributed by atoms with E-state index in [0.29, 0.717) is 0 Å². The Hall–Kier alpha value is -2.34. The lowest BCUT2D eigenvalue weighted by atomic mass is 10.1. The van der Waals surface area contributed by atoms with E-state index in [4.69, 9.17) is 0 Å². The van der Waals surface area contributed by atoms with Crippen molar-refractivity contribution in [3.05, 3.63) is 23.7 Å². The Morgan fingerprint density at radius 3 is 0.784 bits per heavy atom. The molecule has 25 heteroatoms. The zero-order valence-electron chi connectivity index (χ0n) is 15.5. The van der Waals surface area contributed by atoms with Gasteiger partial charge in [0.15, 0.2) is 0 Å². The first-order valence-corrected chi connectivity index (χ1v) is 7.38. The first-order chi connectivity index (χ1) is 15.8. The molecule has 0 aliphatic rings. The molecule has 0 saturated heterocycles. The first-order valence-electron chi connectivity index (χ1n) is 7.38. The van der Waals surface area contributed by atoms with Gasteiger partial charge in [0.25, 0.3) is 0 Å². The summed E-state index contributed by atoms with van der Waals surface area (Å²) in [5.74, 6) is -41.0. The SMILES string of the molecule is FC(OC(F)=C(F)C(F)(F)C(F)(F)C(F)(F)OC(F)(F)F)=C(F)C(F)(F)C(F)(F)C(F)(F)OC(F)(F)F. The van der Waals surface area contributed by atoms with Crippen LogP contribution < -0.4 is 0 Å². The molecule has 0 atom stereocenters. The molecule has 0 unspecified atom stereocenters. The fourth-order valence-electron chi connectivity index (χ4n) is 1.48. The van der Waals surface area contributed by atoms with Crippen LogP contribution in [-0.2, 0) is 14.2 Å². The van der Waals surface area contributed by atoms with Crippen LogP contribution in [0.15, 0.2) is 23.7 Å². The molecule has 220 valence electrons. The van der Waals surface area contributed by atoms with E-state index in [1.54, 1.807) is 0 Å². The predicted octanol–water partition coefficient (Wildman–Crippen LogP) is 8.02. The minimum Gasteiger partial charge on any atom is -0.400 e. The van der Waals surface area contributed by atoms with E-state index < -0.39 is 72.3 Å². The van der Waals surface area contributed by atoms with E-state index in [2.05, 4.69) is 0 Å². The summed E-state index contributed by atoms with van der Waals surface area (Å²) in [6, 6.07) is -9.23. The van der Waals surface area contributed by atoms with Crippen molar-refractivity contribution in [3.8, 4) is 0 Å². The fourth-order valence-corrected chi connectivity index (χ4v) is 1.48. The zero-order chi connectivity index (χ0) is 30.4. The molecule has 0 heterocycles. The summed E-state index contributed by atoms with van der Waals surface area (Å²) >= 11 is 0. The van der Waals surface area contributed by atoms with Crippen LogP contribution in [-0.4, -0.2) is 48.6 Å². The summed E-state index contributed by atoms with van der Waals surface area (Å²) in [6.45, 7) is 0. The second-order valence-corrected chi connectivity index (χ2v) is 5.70. The van der Waals surface area contributed by atoms with Crippen LogP contribution in [0.3, 0.4) is 0 Å². The quantitative estimate of drug-likeness (QED) is 0.185. The Morgan fingerprint density at radius 1 is 0.378 bits per heavy atom. The maximum atomic E-state index is 13.2. The van der Waals surface area contributed by atoms with Gasteiger partial charge in [-0.2, -0.15) is 70.2 Å². The molecule has 0 rings (SSSR count). The highest BCUT2D eigenvalue weighted by Gasteiger charge is 2.79. The van der Waals surface area contributed by atoms with Gasteiger partial charge in [0.2, 0.25) is 11.7 Å². The molecule has 0 bridgehead atoms. The van der Waals surface area contributed by atoms with Gasteiger partial charge in [-0.15, -0.1) is 26.3 Å². The van der Waals surface area contributed by atoms with Crippen molar-refractivity contribution in [1.82, 2.24) is 0 Å². The number of allylic oxidation sites excluding steroid dienone is 2. The van der Waals surface area contributed by atoms with Crippen molar-refractivity contribution in [2.24, 2.45) is 0 Å². The molecule has 0 saturated carbocycles. The summed E-state index contributed by atoms with van der Waals surface area (Å²) in [4.78, 5) is 0. The molecule has 0 radical (unpaired) electrons. The van der Waals surface area contributed by atoms with E-state index in [-0.39, 0.29) is 0 Å². The average molecular weight is 610 g/mol. The van der Waals surface area contributed by atoms with Crippen LogP contribution in [0.1, 0.15) is 0 Å². The van der Waals surface area contributed by atoms with Crippen LogP contribution in [0.4, 0.5) is 96.6 Å². The summed E-state index contributed by atoms with van der Waals surface area (Å²) in [5, 5.41) is 0. The maximum absolute atomic E-state index is 13.2. The molecular formula is C12F22O3. The van der Waals surface area contributed by atoms with Gasteiger partial charge in [0.05, 0.1) is 0 Å². The van der Waals surface area contributed by atoms with Crippen LogP contribution in [0, 0.1) is 0 Å². The van der Waals surface area contributed by atoms with E-state index in [1.165, 1.54) is 9.47 Å². The second kappa shape index (κ2) is 9.76. The topological polar surface area (TPSA) is 27.7 Å². The average Bonchev–Trinajstić information content (AvgIpc) is 2.61. The lowest BCUT2D eigenvalue weighted by molar-refractivity contribution is -0.483. The number of ether oxygens (including phenoxy) is 3. The van der Waals surface area contributed by atoms with Crippen molar-refractivity contribution in [2.45, 2.75) is 48.6 Å². The highest BCUT2D eigenvalue weighted by atomic mass is 19.4. The van der Waals surface area contributed by atoms with Crippen molar-refractivity contribution < 1.29 is 111 Å². The molecule has 0 aliphatic heterocycles. The number of hydrogen-bond donors (Lipinski definition) is 0. The van der Waals surface area contributed by atoms with Crippen LogP contribution in [0.5, 0.6) is 0 Å². The van der Waals surface area contributed by atoms with E-state index >= 15 is 0 Å². The highest BCUT2D eigenvalue weighted by molar-refractivity contribution is 5.17. The minimum atomic E-state index is -7.85. The highest BCUT2D eigenvalue weighted by Crippen LogP contribution is 2.54. The minimum absolute atomic E-state index is 1.27. The van der Waals surface area contributed by atoms with Crippen molar-refractivity contribution >= 4 is 0 Å². The third-order valence-corrected chi connectivity index (χ3v) is 3.08. The third kappa shape index (κ3) is 6.95. The van der Waals surface area contributed by atoms with Gasteiger partial charge in [-0.05, 0) is 0 Å². The molecule has 0 fully saturated rings. The van der Waals surface area contributed by atoms with E-state index in [1.807, 2.05) is 4.74 Å². The van der Waals surface area contributed by atoms with E-state index in [9.17, 15) is 96.6 Å². The van der Waals surface area contributed by atoms with Gasteiger partial charge in [0, 0.05) is 0 Å². The fraction of sp³-hybridized carbons (Fsp3) is 0.667. The van der Waals surface area contributed by atoms with Gasteiger partial charge in [-0.1, -0.05) is 0 Å². The number of hydrogen-bond acceptors (Lipinski definition) is 3. The Labute approximate surface area is 184 Å². The molecule has 0 spiro atoms. The molecule has 0 aromatic rings. The standard InChI is InChI=1S/C12F22O3/c13-1(5(17,18)7(21,22)9(25,26)36-11(29,30)31)3(15)35-4(16)2(14)6(19,20)8(23,24)10(27,28)37-12(32,33)34. The summed E-state index contributed by atoms with van der Waals surface area (Å²) in [7, 11) is 0. The lowest BCUT2D eigenvalue weighted by Crippen LogP contribution is -2.57. The van der Waals surface area contributed by atoms with Gasteiger partial charge < -0.3 is 4.74 Å². The normalized spacial score (nSPS) is 16.9. The van der Waals surface area contributed by atoms with Crippen LogP contribution in [0.25, 0.3) is 0 Å². The number of alkyl halides is 18. The zero-order valence-corrected chi connectivity index (χ0v) is 15.5. The largest absolute Gasteiger partial charge is 0.527 e. The Balaban J connectivity index is 6.44. The first kappa shape index (κ1) is 34.7. The Morgan fingerprint density at radius 2 is 0.595 bits per heavy atom. The lowest BCUT2D eigenvalue weighted by Gasteiger charge is -2.31. The molecule has 0 amide bonds. The van der Waals surface area contributed by atoms with Gasteiger partial charge in [0.1, 0.15) is 0 Å². The Kier molecular flexibility index (Phi) is 9.14. The molecule has 0 aromatic carbocycles. The summed E-state index contributed by atoms with van der Waals surface area (Å²) < 4.78 is 282. The monoisotopic (exact) mass is 610 g/mol. The summed E-state index contributed by atoms with van der Waals surface area (Å²) in [6.07, 6.45) is -28.8. The molecule has 0 N–H and O–H groups in total. The van der Waals surface area contributed by atoms with Crippen molar-refractivity contribution in [1.29, 1.82) is 0 Å². The van der Waals surface area contributed by atoms with Crippen molar-refractivity contribution in [3.63, 3.8) is 0 Å². The maximum Gasteiger partial charge on any atom is 0.527 e. The molecule has 3 nitrogen and oxygen atoms in total. The molecule has 0 aliphatic carbocycles.